The summed E-state index contributed by atoms with van der Waals surface area (Å²) in [5.74, 6) is -14.6. The first-order chi connectivity index (χ1) is 10.8. The van der Waals surface area contributed by atoms with E-state index in [0.717, 1.165) is 0 Å². The number of halogens is 11. The van der Waals surface area contributed by atoms with Crippen molar-refractivity contribution in [3.8, 4) is 0 Å². The molecule has 0 radical (unpaired) electrons. The van der Waals surface area contributed by atoms with E-state index in [1.165, 1.54) is 0 Å². The second-order valence-electron chi connectivity index (χ2n) is 4.47. The quantitative estimate of drug-likeness (QED) is 0.439. The smallest absolute Gasteiger partial charge is 0.397 e. The molecule has 0 saturated heterocycles. The number of alkyl halides is 9. The number of benzene rings is 1. The van der Waals surface area contributed by atoms with Crippen molar-refractivity contribution in [2.24, 2.45) is 0 Å². The lowest BCUT2D eigenvalue weighted by molar-refractivity contribution is -0.382. The number of anilines is 1. The zero-order valence-corrected chi connectivity index (χ0v) is 15.1. The summed E-state index contributed by atoms with van der Waals surface area (Å²) >= 11 is 5.20. The van der Waals surface area contributed by atoms with Gasteiger partial charge in [-0.05, 0) is 44.0 Å². The van der Waals surface area contributed by atoms with Gasteiger partial charge in [-0.3, -0.25) is 0 Å². The number of nitrogen functional groups attached to an aromatic ring is 1. The number of hydrogen-bond donors (Lipinski definition) is 1. The summed E-state index contributed by atoms with van der Waals surface area (Å²) in [5, 5.41) is -6.80. The SMILES string of the molecule is Nc1c(Br)cc(S(=O)(=O)C(F)(F)C(F)(F)C(F)(F)C(F)(F)F)cc1Br. The fourth-order valence-corrected chi connectivity index (χ4v) is 4.19. The van der Waals surface area contributed by atoms with Gasteiger partial charge in [0.05, 0.1) is 10.6 Å². The van der Waals surface area contributed by atoms with E-state index in [9.17, 15) is 47.9 Å². The van der Waals surface area contributed by atoms with E-state index in [1.54, 1.807) is 0 Å². The van der Waals surface area contributed by atoms with Crippen molar-refractivity contribution in [1.29, 1.82) is 0 Å². The normalized spacial score (nSPS) is 14.7. The number of nitrogens with two attached hydrogens (primary N) is 1. The Labute approximate surface area is 150 Å². The molecular formula is C10H4Br2F9NO2S. The molecule has 25 heavy (non-hydrogen) atoms. The Kier molecular flexibility index (Phi) is 5.52. The predicted molar refractivity (Wildman–Crippen MR) is 74.3 cm³/mol. The highest BCUT2D eigenvalue weighted by molar-refractivity contribution is 9.11. The molecule has 0 unspecified atom stereocenters. The Morgan fingerprint density at radius 1 is 0.800 bits per heavy atom. The molecule has 2 N–H and O–H groups in total. The highest BCUT2D eigenvalue weighted by Gasteiger charge is 2.85. The largest absolute Gasteiger partial charge is 0.460 e. The van der Waals surface area contributed by atoms with Crippen molar-refractivity contribution in [3.05, 3.63) is 21.1 Å². The summed E-state index contributed by atoms with van der Waals surface area (Å²) in [6.45, 7) is 0. The fraction of sp³-hybridized carbons (Fsp3) is 0.400. The van der Waals surface area contributed by atoms with Gasteiger partial charge in [-0.1, -0.05) is 0 Å². The fourth-order valence-electron chi connectivity index (χ4n) is 1.39. The van der Waals surface area contributed by atoms with Crippen molar-refractivity contribution >= 4 is 47.4 Å². The second-order valence-corrected chi connectivity index (χ2v) is 8.17. The minimum Gasteiger partial charge on any atom is -0.397 e. The number of rotatable bonds is 4. The van der Waals surface area contributed by atoms with Gasteiger partial charge in [0.1, 0.15) is 0 Å². The van der Waals surface area contributed by atoms with Crippen LogP contribution in [0.25, 0.3) is 0 Å². The Balaban J connectivity index is 3.66. The standard InChI is InChI=1S/C10H4Br2F9NO2S/c11-4-1-3(2-5(12)6(4)22)25(23,24)10(20,21)8(15,16)7(13,14)9(17,18)19/h1-2H,22H2. The van der Waals surface area contributed by atoms with E-state index in [2.05, 4.69) is 31.9 Å². The lowest BCUT2D eigenvalue weighted by Gasteiger charge is -2.33. The van der Waals surface area contributed by atoms with Crippen LogP contribution in [0, 0.1) is 0 Å². The molecule has 3 nitrogen and oxygen atoms in total. The first-order valence-electron chi connectivity index (χ1n) is 5.51. The van der Waals surface area contributed by atoms with Gasteiger partial charge in [0.15, 0.2) is 0 Å². The molecule has 15 heteroatoms. The van der Waals surface area contributed by atoms with Crippen LogP contribution in [-0.4, -0.2) is 31.7 Å². The van der Waals surface area contributed by atoms with Crippen LogP contribution in [-0.2, 0) is 9.84 Å². The summed E-state index contributed by atoms with van der Waals surface area (Å²) in [6, 6.07) is 0.510. The van der Waals surface area contributed by atoms with Gasteiger partial charge in [0.2, 0.25) is 9.84 Å². The van der Waals surface area contributed by atoms with Gasteiger partial charge in [0, 0.05) is 8.95 Å². The zero-order chi connectivity index (χ0) is 20.2. The Morgan fingerprint density at radius 2 is 1.16 bits per heavy atom. The lowest BCUT2D eigenvalue weighted by Crippen LogP contribution is -2.63. The molecular weight excluding hydrogens is 529 g/mol. The van der Waals surface area contributed by atoms with Crippen molar-refractivity contribution < 1.29 is 47.9 Å². The molecule has 0 saturated carbocycles. The minimum atomic E-state index is -7.32. The third-order valence-corrected chi connectivity index (χ3v) is 5.92. The van der Waals surface area contributed by atoms with Crippen LogP contribution in [0.5, 0.6) is 0 Å². The predicted octanol–water partition coefficient (Wildman–Crippen LogP) is 4.99. The summed E-state index contributed by atoms with van der Waals surface area (Å²) in [4.78, 5) is -1.66. The van der Waals surface area contributed by atoms with Gasteiger partial charge in [-0.2, -0.15) is 39.5 Å². The highest BCUT2D eigenvalue weighted by Crippen LogP contribution is 2.56. The average Bonchev–Trinajstić information content (AvgIpc) is 2.42. The number of hydrogen-bond acceptors (Lipinski definition) is 3. The molecule has 1 aromatic carbocycles. The summed E-state index contributed by atoms with van der Waals surface area (Å²) in [7, 11) is -6.68. The third kappa shape index (κ3) is 3.22. The number of sulfone groups is 1. The van der Waals surface area contributed by atoms with Crippen molar-refractivity contribution in [2.75, 3.05) is 5.73 Å². The maximum Gasteiger partial charge on any atom is 0.460 e. The van der Waals surface area contributed by atoms with E-state index >= 15 is 0 Å². The summed E-state index contributed by atoms with van der Waals surface area (Å²) in [5.41, 5.74) is 5.05. The van der Waals surface area contributed by atoms with Crippen LogP contribution in [0.15, 0.2) is 26.0 Å². The molecule has 0 aliphatic carbocycles. The molecule has 0 atom stereocenters. The molecule has 0 amide bonds. The van der Waals surface area contributed by atoms with E-state index in [-0.39, 0.29) is 17.8 Å². The first kappa shape index (κ1) is 22.3. The van der Waals surface area contributed by atoms with Gasteiger partial charge >= 0.3 is 23.3 Å². The van der Waals surface area contributed by atoms with E-state index < -0.39 is 47.0 Å². The highest BCUT2D eigenvalue weighted by atomic mass is 79.9. The minimum absolute atomic E-state index is 0.255. The molecule has 1 aromatic rings. The van der Waals surface area contributed by atoms with Crippen molar-refractivity contribution in [2.45, 2.75) is 28.2 Å². The molecule has 0 aliphatic heterocycles. The van der Waals surface area contributed by atoms with Crippen LogP contribution < -0.4 is 5.73 Å². The maximum atomic E-state index is 13.7. The van der Waals surface area contributed by atoms with Gasteiger partial charge in [-0.25, -0.2) is 8.42 Å². The molecule has 0 spiro atoms. The van der Waals surface area contributed by atoms with Crippen LogP contribution in [0.2, 0.25) is 0 Å². The van der Waals surface area contributed by atoms with Gasteiger partial charge in [-0.15, -0.1) is 0 Å². The monoisotopic (exact) mass is 531 g/mol. The molecule has 0 bridgehead atoms. The molecule has 0 aliphatic rings. The van der Waals surface area contributed by atoms with Crippen molar-refractivity contribution in [1.82, 2.24) is 0 Å². The van der Waals surface area contributed by atoms with Crippen LogP contribution in [0.4, 0.5) is 45.2 Å². The van der Waals surface area contributed by atoms with E-state index in [4.69, 9.17) is 5.73 Å². The second kappa shape index (κ2) is 6.18. The Bertz CT molecular complexity index is 769. The topological polar surface area (TPSA) is 60.2 Å². The Morgan fingerprint density at radius 3 is 1.48 bits per heavy atom. The van der Waals surface area contributed by atoms with Crippen LogP contribution >= 0.6 is 31.9 Å². The zero-order valence-electron chi connectivity index (χ0n) is 11.1. The molecule has 0 heterocycles. The first-order valence-corrected chi connectivity index (χ1v) is 8.58. The van der Waals surface area contributed by atoms with Crippen molar-refractivity contribution in [3.63, 3.8) is 0 Å². The summed E-state index contributed by atoms with van der Waals surface area (Å²) < 4.78 is 138. The van der Waals surface area contributed by atoms with E-state index in [1.807, 2.05) is 0 Å². The molecule has 0 fully saturated rings. The van der Waals surface area contributed by atoms with Gasteiger partial charge < -0.3 is 5.73 Å². The molecule has 144 valence electrons. The molecule has 0 aromatic heterocycles. The molecule has 1 rings (SSSR count). The van der Waals surface area contributed by atoms with Gasteiger partial charge in [0.25, 0.3) is 0 Å². The lowest BCUT2D eigenvalue weighted by atomic mass is 10.1. The van der Waals surface area contributed by atoms with Crippen LogP contribution in [0.3, 0.4) is 0 Å². The van der Waals surface area contributed by atoms with E-state index in [0.29, 0.717) is 0 Å². The summed E-state index contributed by atoms with van der Waals surface area (Å²) in [6.07, 6.45) is -7.13. The Hall–Kier alpha value is -0.700. The average molecular weight is 533 g/mol. The van der Waals surface area contributed by atoms with Crippen LogP contribution in [0.1, 0.15) is 0 Å². The maximum absolute atomic E-state index is 13.7. The third-order valence-electron chi connectivity index (χ3n) is 2.82.